The van der Waals surface area contributed by atoms with E-state index in [1.807, 2.05) is 38.1 Å². The lowest BCUT2D eigenvalue weighted by molar-refractivity contribution is -0.123. The van der Waals surface area contributed by atoms with Gasteiger partial charge in [0.2, 0.25) is 0 Å². The van der Waals surface area contributed by atoms with Gasteiger partial charge in [-0.2, -0.15) is 5.10 Å². The van der Waals surface area contributed by atoms with Gasteiger partial charge in [-0.25, -0.2) is 5.43 Å². The Labute approximate surface area is 192 Å². The fourth-order valence-electron chi connectivity index (χ4n) is 2.83. The number of ether oxygens (including phenoxy) is 1. The molecule has 0 fully saturated rings. The van der Waals surface area contributed by atoms with Crippen LogP contribution in [-0.4, -0.2) is 24.1 Å². The number of carbonyl (C=O) groups is 2. The average Bonchev–Trinajstić information content (AvgIpc) is 2.78. The second-order valence-electron chi connectivity index (χ2n) is 7.33. The van der Waals surface area contributed by atoms with Crippen LogP contribution in [0.25, 0.3) is 0 Å². The van der Waals surface area contributed by atoms with Crippen molar-refractivity contribution in [2.45, 2.75) is 20.8 Å². The molecule has 32 heavy (non-hydrogen) atoms. The number of carbonyl (C=O) groups excluding carboxylic acids is 2. The van der Waals surface area contributed by atoms with E-state index < -0.39 is 0 Å². The van der Waals surface area contributed by atoms with Crippen LogP contribution >= 0.6 is 11.6 Å². The summed E-state index contributed by atoms with van der Waals surface area (Å²) in [5.41, 5.74) is 7.00. The van der Waals surface area contributed by atoms with E-state index in [4.69, 9.17) is 16.3 Å². The number of rotatable bonds is 7. The monoisotopic (exact) mass is 449 g/mol. The summed E-state index contributed by atoms with van der Waals surface area (Å²) >= 11 is 5.99. The molecular weight excluding hydrogens is 426 g/mol. The highest BCUT2D eigenvalue weighted by Gasteiger charge is 2.08. The van der Waals surface area contributed by atoms with Crippen LogP contribution in [0.1, 0.15) is 34.0 Å². The van der Waals surface area contributed by atoms with Gasteiger partial charge in [0.1, 0.15) is 5.75 Å². The smallest absolute Gasteiger partial charge is 0.277 e. The molecule has 0 bridgehead atoms. The van der Waals surface area contributed by atoms with E-state index >= 15 is 0 Å². The Morgan fingerprint density at radius 2 is 1.72 bits per heavy atom. The molecule has 0 aromatic heterocycles. The van der Waals surface area contributed by atoms with E-state index in [1.165, 1.54) is 0 Å². The molecule has 0 saturated carbocycles. The van der Waals surface area contributed by atoms with Crippen molar-refractivity contribution < 1.29 is 14.3 Å². The molecule has 2 amide bonds. The molecule has 0 saturated heterocycles. The summed E-state index contributed by atoms with van der Waals surface area (Å²) in [6.45, 7) is 5.42. The van der Waals surface area contributed by atoms with Gasteiger partial charge in [0.25, 0.3) is 11.8 Å². The first-order chi connectivity index (χ1) is 15.3. The van der Waals surface area contributed by atoms with Crippen LogP contribution < -0.4 is 15.5 Å². The van der Waals surface area contributed by atoms with Gasteiger partial charge in [-0.1, -0.05) is 41.4 Å². The number of anilines is 1. The zero-order valence-electron chi connectivity index (χ0n) is 18.1. The van der Waals surface area contributed by atoms with Crippen LogP contribution in [0.4, 0.5) is 5.69 Å². The van der Waals surface area contributed by atoms with E-state index in [-0.39, 0.29) is 18.4 Å². The summed E-state index contributed by atoms with van der Waals surface area (Å²) in [6.07, 6.45) is 0. The van der Waals surface area contributed by atoms with Crippen molar-refractivity contribution >= 4 is 34.8 Å². The molecule has 0 unspecified atom stereocenters. The SMILES string of the molecule is CC(=NNC(=O)COc1ccc(Cl)c(C)c1)c1cccc(NC(=O)c2ccc(C)cc2)c1. The van der Waals surface area contributed by atoms with E-state index in [2.05, 4.69) is 15.8 Å². The van der Waals surface area contributed by atoms with E-state index in [9.17, 15) is 9.59 Å². The Morgan fingerprint density at radius 3 is 2.44 bits per heavy atom. The molecule has 2 N–H and O–H groups in total. The third kappa shape index (κ3) is 6.43. The highest BCUT2D eigenvalue weighted by molar-refractivity contribution is 6.31. The predicted octanol–water partition coefficient (Wildman–Crippen LogP) is 5.13. The molecule has 0 spiro atoms. The second-order valence-corrected chi connectivity index (χ2v) is 7.74. The summed E-state index contributed by atoms with van der Waals surface area (Å²) in [7, 11) is 0. The van der Waals surface area contributed by atoms with Crippen LogP contribution in [0, 0.1) is 13.8 Å². The van der Waals surface area contributed by atoms with Gasteiger partial charge in [-0.05, 0) is 74.4 Å². The van der Waals surface area contributed by atoms with Crippen molar-refractivity contribution in [1.29, 1.82) is 0 Å². The summed E-state index contributed by atoms with van der Waals surface area (Å²) < 4.78 is 5.47. The van der Waals surface area contributed by atoms with Gasteiger partial charge >= 0.3 is 0 Å². The molecule has 3 aromatic rings. The Bertz CT molecular complexity index is 1160. The van der Waals surface area contributed by atoms with Crippen molar-refractivity contribution in [3.05, 3.63) is 94.0 Å². The zero-order valence-corrected chi connectivity index (χ0v) is 18.9. The van der Waals surface area contributed by atoms with Crippen molar-refractivity contribution in [3.8, 4) is 5.75 Å². The second kappa shape index (κ2) is 10.6. The number of hydrogen-bond acceptors (Lipinski definition) is 4. The minimum absolute atomic E-state index is 0.176. The van der Waals surface area contributed by atoms with Crippen LogP contribution in [0.2, 0.25) is 5.02 Å². The first kappa shape index (κ1) is 23.0. The van der Waals surface area contributed by atoms with Gasteiger partial charge in [-0.3, -0.25) is 9.59 Å². The molecule has 3 rings (SSSR count). The van der Waals surface area contributed by atoms with Crippen molar-refractivity contribution in [1.82, 2.24) is 5.43 Å². The first-order valence-electron chi connectivity index (χ1n) is 10.0. The number of aryl methyl sites for hydroxylation is 2. The largest absolute Gasteiger partial charge is 0.484 e. The summed E-state index contributed by atoms with van der Waals surface area (Å²) in [4.78, 5) is 24.5. The third-order valence-corrected chi connectivity index (χ3v) is 5.12. The number of hydrazone groups is 1. The molecule has 7 heteroatoms. The van der Waals surface area contributed by atoms with E-state index in [1.54, 1.807) is 49.4 Å². The summed E-state index contributed by atoms with van der Waals surface area (Å²) in [5, 5.41) is 7.64. The molecule has 164 valence electrons. The van der Waals surface area contributed by atoms with Crippen LogP contribution in [-0.2, 0) is 4.79 Å². The third-order valence-electron chi connectivity index (χ3n) is 4.70. The minimum atomic E-state index is -0.388. The molecule has 0 aliphatic carbocycles. The fourth-order valence-corrected chi connectivity index (χ4v) is 2.95. The van der Waals surface area contributed by atoms with Gasteiger partial charge < -0.3 is 10.1 Å². The van der Waals surface area contributed by atoms with Gasteiger partial charge in [-0.15, -0.1) is 0 Å². The number of benzene rings is 3. The topological polar surface area (TPSA) is 79.8 Å². The molecule has 0 aliphatic rings. The van der Waals surface area contributed by atoms with Crippen LogP contribution in [0.15, 0.2) is 71.8 Å². The zero-order chi connectivity index (χ0) is 23.1. The lowest BCUT2D eigenvalue weighted by atomic mass is 10.1. The van der Waals surface area contributed by atoms with Gasteiger partial charge in [0.15, 0.2) is 6.61 Å². The highest BCUT2D eigenvalue weighted by Crippen LogP contribution is 2.21. The molecule has 0 aliphatic heterocycles. The molecule has 0 radical (unpaired) electrons. The predicted molar refractivity (Wildman–Crippen MR) is 128 cm³/mol. The average molecular weight is 450 g/mol. The Morgan fingerprint density at radius 1 is 0.969 bits per heavy atom. The Balaban J connectivity index is 1.57. The molecule has 6 nitrogen and oxygen atoms in total. The fraction of sp³-hybridized carbons (Fsp3) is 0.160. The van der Waals surface area contributed by atoms with Crippen molar-refractivity contribution in [2.24, 2.45) is 5.10 Å². The molecule has 0 atom stereocenters. The van der Waals surface area contributed by atoms with Gasteiger partial charge in [0, 0.05) is 16.3 Å². The summed E-state index contributed by atoms with van der Waals surface area (Å²) in [6, 6.07) is 19.8. The number of hydrogen-bond donors (Lipinski definition) is 2. The van der Waals surface area contributed by atoms with E-state index in [0.717, 1.165) is 16.7 Å². The number of nitrogens with zero attached hydrogens (tertiary/aromatic N) is 1. The first-order valence-corrected chi connectivity index (χ1v) is 10.4. The Hall–Kier alpha value is -3.64. The maximum absolute atomic E-state index is 12.4. The van der Waals surface area contributed by atoms with Crippen molar-refractivity contribution in [2.75, 3.05) is 11.9 Å². The normalized spacial score (nSPS) is 11.1. The summed E-state index contributed by atoms with van der Waals surface area (Å²) in [5.74, 6) is -0.0276. The standard InChI is InChI=1S/C25H24ClN3O3/c1-16-7-9-19(10-8-16)25(31)27-21-6-4-5-20(14-21)18(3)28-29-24(30)15-32-22-11-12-23(26)17(2)13-22/h4-14H,15H2,1-3H3,(H,27,31)(H,29,30). The highest BCUT2D eigenvalue weighted by atomic mass is 35.5. The lowest BCUT2D eigenvalue weighted by Gasteiger charge is -2.09. The maximum atomic E-state index is 12.4. The minimum Gasteiger partial charge on any atom is -0.484 e. The molecule has 3 aromatic carbocycles. The maximum Gasteiger partial charge on any atom is 0.277 e. The number of halogens is 1. The van der Waals surface area contributed by atoms with Crippen LogP contribution in [0.5, 0.6) is 5.75 Å². The van der Waals surface area contributed by atoms with E-state index in [0.29, 0.717) is 27.7 Å². The Kier molecular flexibility index (Phi) is 7.63. The van der Waals surface area contributed by atoms with Crippen LogP contribution in [0.3, 0.4) is 0 Å². The molecular formula is C25H24ClN3O3. The number of amides is 2. The quantitative estimate of drug-likeness (QED) is 0.387. The lowest BCUT2D eigenvalue weighted by Crippen LogP contribution is -2.25. The van der Waals surface area contributed by atoms with Gasteiger partial charge in [0.05, 0.1) is 5.71 Å². The van der Waals surface area contributed by atoms with Crippen molar-refractivity contribution in [3.63, 3.8) is 0 Å². The molecule has 0 heterocycles. The number of nitrogens with one attached hydrogen (secondary N) is 2.